The van der Waals surface area contributed by atoms with Gasteiger partial charge in [0.05, 0.1) is 5.56 Å². The number of rotatable bonds is 6. The zero-order valence-corrected chi connectivity index (χ0v) is 13.7. The molecule has 2 aromatic rings. The number of hydrogen-bond acceptors (Lipinski definition) is 3. The summed E-state index contributed by atoms with van der Waals surface area (Å²) < 4.78 is 49.4. The Morgan fingerprint density at radius 1 is 1.00 bits per heavy atom. The fourth-order valence-electron chi connectivity index (χ4n) is 2.73. The molecule has 1 saturated heterocycles. The molecule has 2 aromatic carbocycles. The van der Waals surface area contributed by atoms with Gasteiger partial charge in [-0.05, 0) is 61.3 Å². The monoisotopic (exact) mass is 351 g/mol. The first kappa shape index (κ1) is 17.6. The summed E-state index contributed by atoms with van der Waals surface area (Å²) in [6, 6.07) is 12.7. The fourth-order valence-corrected chi connectivity index (χ4v) is 2.73. The summed E-state index contributed by atoms with van der Waals surface area (Å²) >= 11 is 0. The van der Waals surface area contributed by atoms with Gasteiger partial charge < -0.3 is 14.8 Å². The number of benzene rings is 2. The van der Waals surface area contributed by atoms with E-state index in [-0.39, 0.29) is 6.61 Å². The molecule has 134 valence electrons. The molecule has 6 heteroatoms. The Morgan fingerprint density at radius 3 is 2.36 bits per heavy atom. The van der Waals surface area contributed by atoms with Crippen molar-refractivity contribution in [3.8, 4) is 11.5 Å². The van der Waals surface area contributed by atoms with Crippen molar-refractivity contribution in [2.75, 3.05) is 13.2 Å². The first-order valence-electron chi connectivity index (χ1n) is 8.26. The van der Waals surface area contributed by atoms with Crippen LogP contribution < -0.4 is 14.8 Å². The Labute approximate surface area is 144 Å². The molecule has 0 aliphatic carbocycles. The molecule has 25 heavy (non-hydrogen) atoms. The zero-order valence-electron chi connectivity index (χ0n) is 13.7. The Bertz CT molecular complexity index is 680. The average molecular weight is 351 g/mol. The second-order valence-electron chi connectivity index (χ2n) is 6.06. The molecular weight excluding hydrogens is 331 g/mol. The summed E-state index contributed by atoms with van der Waals surface area (Å²) in [6.45, 7) is 1.75. The normalized spacial score (nSPS) is 17.5. The van der Waals surface area contributed by atoms with Gasteiger partial charge in [0.15, 0.2) is 0 Å². The Morgan fingerprint density at radius 2 is 1.72 bits per heavy atom. The minimum absolute atomic E-state index is 0.0795. The summed E-state index contributed by atoms with van der Waals surface area (Å²) in [6.07, 6.45) is -2.04. The van der Waals surface area contributed by atoms with E-state index in [0.717, 1.165) is 30.8 Å². The first-order chi connectivity index (χ1) is 12.0. The van der Waals surface area contributed by atoms with Crippen molar-refractivity contribution in [2.24, 2.45) is 0 Å². The molecule has 1 N–H and O–H groups in total. The highest BCUT2D eigenvalue weighted by Gasteiger charge is 2.30. The van der Waals surface area contributed by atoms with Crippen molar-refractivity contribution < 1.29 is 22.6 Å². The van der Waals surface area contributed by atoms with Gasteiger partial charge in [0, 0.05) is 6.04 Å². The van der Waals surface area contributed by atoms with Gasteiger partial charge in [-0.2, -0.15) is 13.2 Å². The highest BCUT2D eigenvalue weighted by Crippen LogP contribution is 2.29. The Hall–Kier alpha value is -2.21. The van der Waals surface area contributed by atoms with Gasteiger partial charge in [0.2, 0.25) is 0 Å². The van der Waals surface area contributed by atoms with Crippen LogP contribution in [0.3, 0.4) is 0 Å². The number of hydrogen-bond donors (Lipinski definition) is 1. The molecule has 0 saturated carbocycles. The van der Waals surface area contributed by atoms with Gasteiger partial charge in [0.25, 0.3) is 0 Å². The molecule has 0 aromatic heterocycles. The van der Waals surface area contributed by atoms with Crippen LogP contribution in [-0.2, 0) is 12.8 Å². The van der Waals surface area contributed by atoms with Crippen LogP contribution in [0.4, 0.5) is 13.2 Å². The van der Waals surface area contributed by atoms with E-state index in [1.165, 1.54) is 12.5 Å². The van der Waals surface area contributed by atoms with Crippen LogP contribution in [-0.4, -0.2) is 19.2 Å². The molecule has 0 unspecified atom stereocenters. The summed E-state index contributed by atoms with van der Waals surface area (Å²) in [7, 11) is 0. The minimum atomic E-state index is -4.34. The number of nitrogens with one attached hydrogen (secondary N) is 1. The molecule has 1 aliphatic heterocycles. The third-order valence-electron chi connectivity index (χ3n) is 4.10. The van der Waals surface area contributed by atoms with Crippen LogP contribution in [0.15, 0.2) is 48.5 Å². The van der Waals surface area contributed by atoms with E-state index < -0.39 is 11.7 Å². The standard InChI is InChI=1S/C19H20F3NO2/c20-19(21,22)15-4-1-3-14(11-15)12-24-17-6-8-18(9-7-17)25-13-16-5-2-10-23-16/h1,3-4,6-9,11,16,23H,2,5,10,12-13H2/t16-/m1/s1. The summed E-state index contributed by atoms with van der Waals surface area (Å²) in [4.78, 5) is 0. The number of halogens is 3. The van der Waals surface area contributed by atoms with Crippen molar-refractivity contribution in [1.29, 1.82) is 0 Å². The molecule has 3 nitrogen and oxygen atoms in total. The predicted octanol–water partition coefficient (Wildman–Crippen LogP) is 4.42. The Balaban J connectivity index is 1.51. The maximum atomic E-state index is 12.7. The molecule has 1 atom stereocenters. The molecule has 3 rings (SSSR count). The van der Waals surface area contributed by atoms with Gasteiger partial charge in [-0.15, -0.1) is 0 Å². The van der Waals surface area contributed by atoms with Gasteiger partial charge in [-0.1, -0.05) is 12.1 Å². The zero-order chi connectivity index (χ0) is 17.7. The van der Waals surface area contributed by atoms with Gasteiger partial charge in [0.1, 0.15) is 24.7 Å². The van der Waals surface area contributed by atoms with Crippen LogP contribution in [0.25, 0.3) is 0 Å². The van der Waals surface area contributed by atoms with E-state index >= 15 is 0 Å². The summed E-state index contributed by atoms with van der Waals surface area (Å²) in [5.41, 5.74) is -0.194. The second kappa shape index (κ2) is 7.78. The average Bonchev–Trinajstić information content (AvgIpc) is 3.12. The maximum Gasteiger partial charge on any atom is 0.416 e. The number of alkyl halides is 3. The highest BCUT2D eigenvalue weighted by atomic mass is 19.4. The fraction of sp³-hybridized carbons (Fsp3) is 0.368. The van der Waals surface area contributed by atoms with E-state index in [4.69, 9.17) is 9.47 Å². The van der Waals surface area contributed by atoms with Crippen LogP contribution in [0, 0.1) is 0 Å². The lowest BCUT2D eigenvalue weighted by Gasteiger charge is -2.13. The van der Waals surface area contributed by atoms with Crippen LogP contribution in [0.1, 0.15) is 24.0 Å². The Kier molecular flexibility index (Phi) is 5.48. The van der Waals surface area contributed by atoms with Gasteiger partial charge in [-0.3, -0.25) is 0 Å². The minimum Gasteiger partial charge on any atom is -0.492 e. The molecule has 1 fully saturated rings. The van der Waals surface area contributed by atoms with Crippen LogP contribution in [0.5, 0.6) is 11.5 Å². The molecule has 0 amide bonds. The van der Waals surface area contributed by atoms with E-state index in [0.29, 0.717) is 24.0 Å². The lowest BCUT2D eigenvalue weighted by molar-refractivity contribution is -0.137. The quantitative estimate of drug-likeness (QED) is 0.836. The maximum absolute atomic E-state index is 12.7. The van der Waals surface area contributed by atoms with E-state index in [2.05, 4.69) is 5.32 Å². The lowest BCUT2D eigenvalue weighted by atomic mass is 10.1. The first-order valence-corrected chi connectivity index (χ1v) is 8.26. The topological polar surface area (TPSA) is 30.5 Å². The van der Waals surface area contributed by atoms with Gasteiger partial charge in [-0.25, -0.2) is 0 Å². The summed E-state index contributed by atoms with van der Waals surface area (Å²) in [5.74, 6) is 1.34. The molecule has 1 aliphatic rings. The smallest absolute Gasteiger partial charge is 0.416 e. The summed E-state index contributed by atoms with van der Waals surface area (Å²) in [5, 5.41) is 3.36. The third-order valence-corrected chi connectivity index (χ3v) is 4.10. The van der Waals surface area contributed by atoms with Crippen LogP contribution in [0.2, 0.25) is 0 Å². The van der Waals surface area contributed by atoms with Crippen molar-refractivity contribution in [3.63, 3.8) is 0 Å². The molecule has 0 radical (unpaired) electrons. The molecular formula is C19H20F3NO2. The van der Waals surface area contributed by atoms with E-state index in [9.17, 15) is 13.2 Å². The molecule has 0 spiro atoms. The van der Waals surface area contributed by atoms with Crippen molar-refractivity contribution in [3.05, 3.63) is 59.7 Å². The van der Waals surface area contributed by atoms with Gasteiger partial charge >= 0.3 is 6.18 Å². The predicted molar refractivity (Wildman–Crippen MR) is 88.7 cm³/mol. The third kappa shape index (κ3) is 5.13. The largest absolute Gasteiger partial charge is 0.492 e. The number of ether oxygens (including phenoxy) is 2. The van der Waals surface area contributed by atoms with Crippen LogP contribution >= 0.6 is 0 Å². The van der Waals surface area contributed by atoms with Crippen molar-refractivity contribution in [2.45, 2.75) is 31.7 Å². The highest BCUT2D eigenvalue weighted by molar-refractivity contribution is 5.32. The second-order valence-corrected chi connectivity index (χ2v) is 6.06. The molecule has 0 bridgehead atoms. The van der Waals surface area contributed by atoms with Crippen molar-refractivity contribution in [1.82, 2.24) is 5.32 Å². The van der Waals surface area contributed by atoms with E-state index in [1.807, 2.05) is 0 Å². The SMILES string of the molecule is FC(F)(F)c1cccc(COc2ccc(OC[C@H]3CCCN3)cc2)c1. The van der Waals surface area contributed by atoms with E-state index in [1.54, 1.807) is 30.3 Å². The van der Waals surface area contributed by atoms with Crippen molar-refractivity contribution >= 4 is 0 Å². The lowest BCUT2D eigenvalue weighted by Crippen LogP contribution is -2.28. The molecule has 1 heterocycles.